The lowest BCUT2D eigenvalue weighted by Crippen LogP contribution is -2.11. The van der Waals surface area contributed by atoms with Crippen molar-refractivity contribution < 1.29 is 39.1 Å². The van der Waals surface area contributed by atoms with Crippen molar-refractivity contribution in [1.82, 2.24) is 0 Å². The number of carboxylic acids is 1. The molecular formula is C13H26O8. The summed E-state index contributed by atoms with van der Waals surface area (Å²) in [5, 5.41) is 24.9. The third-order valence-corrected chi connectivity index (χ3v) is 1.85. The van der Waals surface area contributed by atoms with Crippen molar-refractivity contribution in [2.75, 3.05) is 60.0 Å². The number of carbonyl (C=O) groups is 1. The number of hydrogen-bond donors (Lipinski definition) is 3. The average molecular weight is 310 g/mol. The monoisotopic (exact) mass is 310 g/mol. The predicted octanol–water partition coefficient (Wildman–Crippen LogP) is -0.358. The number of carboxylic acid groups (broad SMARTS) is 1. The van der Waals surface area contributed by atoms with Crippen LogP contribution in [0.2, 0.25) is 0 Å². The highest BCUT2D eigenvalue weighted by Crippen LogP contribution is 1.89. The molecule has 8 nitrogen and oxygen atoms in total. The van der Waals surface area contributed by atoms with Gasteiger partial charge in [-0.2, -0.15) is 0 Å². The molecule has 0 amide bonds. The first-order valence-corrected chi connectivity index (χ1v) is 6.47. The molecule has 0 spiro atoms. The van der Waals surface area contributed by atoms with Crippen LogP contribution in [0, 0.1) is 0 Å². The topological polar surface area (TPSA) is 115 Å². The van der Waals surface area contributed by atoms with Gasteiger partial charge in [0.1, 0.15) is 0 Å². The number of aliphatic hydroxyl groups excluding tert-OH is 2. The van der Waals surface area contributed by atoms with Gasteiger partial charge in [0.2, 0.25) is 0 Å². The van der Waals surface area contributed by atoms with E-state index in [4.69, 9.17) is 29.5 Å². The Hall–Kier alpha value is -1.19. The van der Waals surface area contributed by atoms with Crippen LogP contribution in [0.4, 0.5) is 0 Å². The SMILES string of the molecule is COC=C(C)C(=O)O.OCCOCCOCCOCCO. The Kier molecular flexibility index (Phi) is 19.8. The summed E-state index contributed by atoms with van der Waals surface area (Å²) in [7, 11) is 1.41. The van der Waals surface area contributed by atoms with Crippen molar-refractivity contribution in [2.45, 2.75) is 6.92 Å². The van der Waals surface area contributed by atoms with Crippen LogP contribution in [-0.4, -0.2) is 81.3 Å². The number of aliphatic hydroxyl groups is 2. The van der Waals surface area contributed by atoms with Gasteiger partial charge in [0.05, 0.1) is 71.8 Å². The second-order valence-electron chi connectivity index (χ2n) is 3.63. The minimum Gasteiger partial charge on any atom is -0.504 e. The maximum absolute atomic E-state index is 9.94. The third-order valence-electron chi connectivity index (χ3n) is 1.85. The molecule has 0 atom stereocenters. The summed E-state index contributed by atoms with van der Waals surface area (Å²) in [5.41, 5.74) is 0.201. The molecule has 0 unspecified atom stereocenters. The molecule has 0 aliphatic heterocycles. The molecule has 0 aliphatic rings. The summed E-state index contributed by atoms with van der Waals surface area (Å²) in [6, 6.07) is 0. The van der Waals surface area contributed by atoms with E-state index in [-0.39, 0.29) is 18.8 Å². The van der Waals surface area contributed by atoms with E-state index < -0.39 is 5.97 Å². The molecule has 126 valence electrons. The first-order chi connectivity index (χ1) is 10.1. The normalized spacial score (nSPS) is 10.8. The molecule has 0 aliphatic carbocycles. The van der Waals surface area contributed by atoms with Crippen molar-refractivity contribution >= 4 is 5.97 Å². The van der Waals surface area contributed by atoms with Gasteiger partial charge >= 0.3 is 5.97 Å². The zero-order chi connectivity index (χ0) is 16.3. The molecule has 8 heteroatoms. The summed E-state index contributed by atoms with van der Waals surface area (Å²) in [6.45, 7) is 4.23. The van der Waals surface area contributed by atoms with Crippen LogP contribution in [0.25, 0.3) is 0 Å². The Morgan fingerprint density at radius 3 is 1.52 bits per heavy atom. The molecule has 3 N–H and O–H groups in total. The Balaban J connectivity index is 0. The number of methoxy groups -OCH3 is 1. The summed E-state index contributed by atoms with van der Waals surface area (Å²) in [6.07, 6.45) is 1.18. The smallest absolute Gasteiger partial charge is 0.334 e. The maximum Gasteiger partial charge on any atom is 0.334 e. The number of hydrogen-bond acceptors (Lipinski definition) is 7. The van der Waals surface area contributed by atoms with E-state index in [1.54, 1.807) is 0 Å². The van der Waals surface area contributed by atoms with Gasteiger partial charge in [-0.3, -0.25) is 0 Å². The highest BCUT2D eigenvalue weighted by Gasteiger charge is 1.96. The van der Waals surface area contributed by atoms with Crippen LogP contribution in [0.15, 0.2) is 11.8 Å². The highest BCUT2D eigenvalue weighted by molar-refractivity contribution is 5.85. The van der Waals surface area contributed by atoms with Crippen LogP contribution in [0.1, 0.15) is 6.92 Å². The number of aliphatic carboxylic acids is 1. The first-order valence-electron chi connectivity index (χ1n) is 6.47. The lowest BCUT2D eigenvalue weighted by Gasteiger charge is -2.04. The molecule has 0 aromatic rings. The van der Waals surface area contributed by atoms with Crippen molar-refractivity contribution in [1.29, 1.82) is 0 Å². The van der Waals surface area contributed by atoms with E-state index in [1.165, 1.54) is 20.3 Å². The van der Waals surface area contributed by atoms with Gasteiger partial charge in [-0.25, -0.2) is 4.79 Å². The van der Waals surface area contributed by atoms with Gasteiger partial charge in [0.15, 0.2) is 0 Å². The molecule has 21 heavy (non-hydrogen) atoms. The fourth-order valence-electron chi connectivity index (χ4n) is 0.898. The van der Waals surface area contributed by atoms with Gasteiger partial charge in [0, 0.05) is 0 Å². The second-order valence-corrected chi connectivity index (χ2v) is 3.63. The van der Waals surface area contributed by atoms with Crippen LogP contribution in [0.3, 0.4) is 0 Å². The van der Waals surface area contributed by atoms with E-state index in [9.17, 15) is 4.79 Å². The highest BCUT2D eigenvalue weighted by atomic mass is 16.5. The molecule has 0 saturated heterocycles. The zero-order valence-electron chi connectivity index (χ0n) is 12.6. The Morgan fingerprint density at radius 2 is 1.29 bits per heavy atom. The van der Waals surface area contributed by atoms with Crippen LogP contribution in [-0.2, 0) is 23.7 Å². The summed E-state index contributed by atoms with van der Waals surface area (Å²) in [5.74, 6) is -0.952. The number of ether oxygens (including phenoxy) is 4. The molecule has 0 aromatic carbocycles. The van der Waals surface area contributed by atoms with E-state index in [0.29, 0.717) is 39.6 Å². The molecular weight excluding hydrogens is 284 g/mol. The third kappa shape index (κ3) is 21.3. The zero-order valence-corrected chi connectivity index (χ0v) is 12.6. The average Bonchev–Trinajstić information content (AvgIpc) is 2.46. The fraction of sp³-hybridized carbons (Fsp3) is 0.769. The van der Waals surface area contributed by atoms with Gasteiger partial charge in [-0.05, 0) is 6.92 Å². The quantitative estimate of drug-likeness (QED) is 0.254. The van der Waals surface area contributed by atoms with Gasteiger partial charge < -0.3 is 34.3 Å². The predicted molar refractivity (Wildman–Crippen MR) is 75.0 cm³/mol. The van der Waals surface area contributed by atoms with Crippen molar-refractivity contribution in [3.8, 4) is 0 Å². The molecule has 0 bridgehead atoms. The van der Waals surface area contributed by atoms with Crippen LogP contribution >= 0.6 is 0 Å². The van der Waals surface area contributed by atoms with Crippen LogP contribution < -0.4 is 0 Å². The summed E-state index contributed by atoms with van der Waals surface area (Å²) < 4.78 is 19.4. The van der Waals surface area contributed by atoms with E-state index in [0.717, 1.165) is 0 Å². The molecule has 0 saturated carbocycles. The summed E-state index contributed by atoms with van der Waals surface area (Å²) >= 11 is 0. The van der Waals surface area contributed by atoms with Gasteiger partial charge in [-0.1, -0.05) is 0 Å². The van der Waals surface area contributed by atoms with Crippen LogP contribution in [0.5, 0.6) is 0 Å². The van der Waals surface area contributed by atoms with Crippen molar-refractivity contribution in [2.24, 2.45) is 0 Å². The lowest BCUT2D eigenvalue weighted by atomic mass is 10.4. The Bertz CT molecular complexity index is 245. The molecule has 0 fully saturated rings. The molecule has 0 aromatic heterocycles. The van der Waals surface area contributed by atoms with Crippen molar-refractivity contribution in [3.05, 3.63) is 11.8 Å². The second kappa shape index (κ2) is 18.8. The molecule has 0 radical (unpaired) electrons. The fourth-order valence-corrected chi connectivity index (χ4v) is 0.898. The van der Waals surface area contributed by atoms with Gasteiger partial charge in [0.25, 0.3) is 0 Å². The lowest BCUT2D eigenvalue weighted by molar-refractivity contribution is -0.132. The largest absolute Gasteiger partial charge is 0.504 e. The van der Waals surface area contributed by atoms with Crippen molar-refractivity contribution in [3.63, 3.8) is 0 Å². The van der Waals surface area contributed by atoms with E-state index in [2.05, 4.69) is 4.74 Å². The standard InChI is InChI=1S/C8H18O5.C5H8O3/c9-1-3-11-5-7-13-8-6-12-4-2-10;1-4(3-8-2)5(6)7/h9-10H,1-8H2;3H,1-2H3,(H,6,7). The van der Waals surface area contributed by atoms with E-state index >= 15 is 0 Å². The maximum atomic E-state index is 9.94. The Morgan fingerprint density at radius 1 is 0.905 bits per heavy atom. The van der Waals surface area contributed by atoms with Gasteiger partial charge in [-0.15, -0.1) is 0 Å². The van der Waals surface area contributed by atoms with E-state index in [1.807, 2.05) is 0 Å². The number of rotatable bonds is 12. The minimum absolute atomic E-state index is 0.0413. The molecule has 0 rings (SSSR count). The summed E-state index contributed by atoms with van der Waals surface area (Å²) in [4.78, 5) is 9.94. The minimum atomic E-state index is -0.952. The Labute approximate surface area is 124 Å². The molecule has 0 heterocycles. The first kappa shape index (κ1) is 22.1.